The molecule has 0 amide bonds. The third kappa shape index (κ3) is 4.65. The molecule has 1 fully saturated rings. The van der Waals surface area contributed by atoms with Gasteiger partial charge in [-0.05, 0) is 72.2 Å². The highest BCUT2D eigenvalue weighted by atomic mass is 16.5. The Balaban J connectivity index is 1.33. The summed E-state index contributed by atoms with van der Waals surface area (Å²) in [6.07, 6.45) is 6.08. The minimum atomic E-state index is -0.244. The maximum absolute atomic E-state index is 9.91. The molecule has 0 unspecified atom stereocenters. The van der Waals surface area contributed by atoms with Crippen molar-refractivity contribution in [1.82, 2.24) is 39.0 Å². The number of rotatable bonds is 6. The van der Waals surface area contributed by atoms with Crippen molar-refractivity contribution in [2.45, 2.75) is 71.6 Å². The predicted octanol–water partition coefficient (Wildman–Crippen LogP) is 4.36. The average Bonchev–Trinajstić information content (AvgIpc) is 3.65. The highest BCUT2D eigenvalue weighted by Gasteiger charge is 2.32. The smallest absolute Gasteiger partial charge is 0.178 e. The Bertz CT molecular complexity index is 1480. The van der Waals surface area contributed by atoms with E-state index < -0.39 is 0 Å². The fourth-order valence-electron chi connectivity index (χ4n) is 5.75. The zero-order valence-electron chi connectivity index (χ0n) is 23.5. The van der Waals surface area contributed by atoms with E-state index in [-0.39, 0.29) is 24.2 Å². The van der Waals surface area contributed by atoms with Crippen LogP contribution < -0.4 is 4.74 Å². The van der Waals surface area contributed by atoms with Crippen LogP contribution in [0.2, 0.25) is 0 Å². The van der Waals surface area contributed by atoms with Crippen molar-refractivity contribution in [3.63, 3.8) is 0 Å². The summed E-state index contributed by atoms with van der Waals surface area (Å²) in [6, 6.07) is 8.88. The van der Waals surface area contributed by atoms with E-state index in [0.29, 0.717) is 13.2 Å². The van der Waals surface area contributed by atoms with Gasteiger partial charge in [-0.15, -0.1) is 0 Å². The third-order valence-corrected chi connectivity index (χ3v) is 8.00. The number of nitrogens with zero attached hydrogens (tertiary/aromatic N) is 8. The molecule has 0 saturated carbocycles. The number of benzene rings is 1. The van der Waals surface area contributed by atoms with E-state index in [4.69, 9.17) is 14.8 Å². The van der Waals surface area contributed by atoms with Crippen LogP contribution in [0.3, 0.4) is 0 Å². The number of aliphatic hydroxyl groups is 1. The van der Waals surface area contributed by atoms with Crippen molar-refractivity contribution in [2.24, 2.45) is 0 Å². The zero-order valence-corrected chi connectivity index (χ0v) is 23.5. The molecule has 0 bridgehead atoms. The van der Waals surface area contributed by atoms with Crippen molar-refractivity contribution >= 4 is 0 Å². The molecule has 2 aliphatic rings. The van der Waals surface area contributed by atoms with Gasteiger partial charge in [-0.25, -0.2) is 14.6 Å². The third-order valence-electron chi connectivity index (χ3n) is 8.00. The first-order chi connectivity index (χ1) is 18.7. The van der Waals surface area contributed by atoms with Crippen LogP contribution in [0.1, 0.15) is 58.4 Å². The quantitative estimate of drug-likeness (QED) is 0.395. The lowest BCUT2D eigenvalue weighted by molar-refractivity contribution is 0.0246. The zero-order chi connectivity index (χ0) is 27.3. The molecular formula is C29H38N8O2. The Kier molecular flexibility index (Phi) is 6.55. The van der Waals surface area contributed by atoms with Crippen LogP contribution in [-0.4, -0.2) is 75.9 Å². The molecule has 206 valence electrons. The molecule has 1 atom stereocenters. The van der Waals surface area contributed by atoms with Crippen molar-refractivity contribution in [2.75, 3.05) is 26.3 Å². The van der Waals surface area contributed by atoms with Gasteiger partial charge in [0.1, 0.15) is 29.7 Å². The van der Waals surface area contributed by atoms with E-state index in [9.17, 15) is 5.11 Å². The maximum Gasteiger partial charge on any atom is 0.178 e. The molecule has 10 nitrogen and oxygen atoms in total. The second kappa shape index (κ2) is 9.91. The van der Waals surface area contributed by atoms with Gasteiger partial charge >= 0.3 is 0 Å². The Hall–Kier alpha value is -3.50. The maximum atomic E-state index is 9.91. The summed E-state index contributed by atoms with van der Waals surface area (Å²) in [5, 5.41) is 19.2. The number of aryl methyl sites for hydroxylation is 1. The normalized spacial score (nSPS) is 18.1. The number of ether oxygens (including phenoxy) is 1. The van der Waals surface area contributed by atoms with E-state index in [1.54, 1.807) is 0 Å². The predicted molar refractivity (Wildman–Crippen MR) is 150 cm³/mol. The van der Waals surface area contributed by atoms with Crippen LogP contribution in [0.5, 0.6) is 5.75 Å². The van der Waals surface area contributed by atoms with Gasteiger partial charge in [0.15, 0.2) is 5.82 Å². The Morgan fingerprint density at radius 1 is 1.13 bits per heavy atom. The first-order valence-electron chi connectivity index (χ1n) is 13.9. The van der Waals surface area contributed by atoms with Gasteiger partial charge in [-0.1, -0.05) is 6.07 Å². The van der Waals surface area contributed by atoms with Gasteiger partial charge in [0.05, 0.1) is 30.5 Å². The minimum absolute atomic E-state index is 0.140. The molecule has 39 heavy (non-hydrogen) atoms. The van der Waals surface area contributed by atoms with Crippen LogP contribution in [-0.2, 0) is 6.54 Å². The molecular weight excluding hydrogens is 492 g/mol. The van der Waals surface area contributed by atoms with Crippen LogP contribution in [0.15, 0.2) is 36.7 Å². The molecule has 5 heterocycles. The van der Waals surface area contributed by atoms with Gasteiger partial charge in [0, 0.05) is 36.1 Å². The van der Waals surface area contributed by atoms with E-state index in [2.05, 4.69) is 82.4 Å². The monoisotopic (exact) mass is 530 g/mol. The number of fused-ring (bicyclic) bond motifs is 3. The van der Waals surface area contributed by atoms with E-state index in [1.165, 1.54) is 0 Å². The Morgan fingerprint density at radius 2 is 1.97 bits per heavy atom. The molecule has 0 aliphatic carbocycles. The molecule has 1 N–H and O–H groups in total. The second-order valence-corrected chi connectivity index (χ2v) is 11.6. The number of hydrogen-bond donors (Lipinski definition) is 1. The molecule has 3 aromatic heterocycles. The van der Waals surface area contributed by atoms with Gasteiger partial charge < -0.3 is 14.4 Å². The first kappa shape index (κ1) is 25.8. The molecule has 2 aliphatic heterocycles. The summed E-state index contributed by atoms with van der Waals surface area (Å²) in [5.74, 6) is 3.23. The van der Waals surface area contributed by atoms with Gasteiger partial charge in [-0.2, -0.15) is 10.2 Å². The number of aromatic nitrogens is 7. The summed E-state index contributed by atoms with van der Waals surface area (Å²) in [6.45, 7) is 13.6. The molecule has 1 aromatic carbocycles. The fraction of sp³-hybridized carbons (Fsp3) is 0.517. The molecule has 6 rings (SSSR count). The summed E-state index contributed by atoms with van der Waals surface area (Å²) in [4.78, 5) is 12.1. The van der Waals surface area contributed by atoms with Gasteiger partial charge in [0.2, 0.25) is 0 Å². The lowest BCUT2D eigenvalue weighted by atomic mass is 9.97. The van der Waals surface area contributed by atoms with Crippen molar-refractivity contribution in [1.29, 1.82) is 0 Å². The number of hydrogen-bond acceptors (Lipinski definition) is 7. The molecule has 0 radical (unpaired) electrons. The average molecular weight is 531 g/mol. The Labute approximate surface area is 229 Å². The number of piperidine rings is 1. The van der Waals surface area contributed by atoms with E-state index >= 15 is 0 Å². The Morgan fingerprint density at radius 3 is 2.77 bits per heavy atom. The van der Waals surface area contributed by atoms with Crippen LogP contribution in [0, 0.1) is 6.92 Å². The molecule has 4 aromatic rings. The number of aliphatic hydroxyl groups excluding tert-OH is 1. The van der Waals surface area contributed by atoms with Crippen LogP contribution in [0.4, 0.5) is 0 Å². The lowest BCUT2D eigenvalue weighted by Crippen LogP contribution is -2.51. The number of likely N-dealkylation sites (tertiary alicyclic amines) is 1. The topological polar surface area (TPSA) is 99.0 Å². The highest BCUT2D eigenvalue weighted by molar-refractivity contribution is 5.74. The molecule has 1 saturated heterocycles. The van der Waals surface area contributed by atoms with Gasteiger partial charge in [0.25, 0.3) is 0 Å². The number of imidazole rings is 1. The largest absolute Gasteiger partial charge is 0.491 e. The first-order valence-corrected chi connectivity index (χ1v) is 13.9. The summed E-state index contributed by atoms with van der Waals surface area (Å²) >= 11 is 0. The fourth-order valence-corrected chi connectivity index (χ4v) is 5.75. The lowest BCUT2D eigenvalue weighted by Gasteiger charge is -2.42. The van der Waals surface area contributed by atoms with E-state index in [1.807, 2.05) is 17.8 Å². The van der Waals surface area contributed by atoms with Gasteiger partial charge in [-0.3, -0.25) is 9.58 Å². The van der Waals surface area contributed by atoms with E-state index in [0.717, 1.165) is 71.7 Å². The van der Waals surface area contributed by atoms with Crippen LogP contribution >= 0.6 is 0 Å². The summed E-state index contributed by atoms with van der Waals surface area (Å²) in [5.41, 5.74) is 3.69. The molecule has 0 spiro atoms. The van der Waals surface area contributed by atoms with Crippen LogP contribution in [0.25, 0.3) is 34.2 Å². The van der Waals surface area contributed by atoms with Crippen molar-refractivity contribution < 1.29 is 9.84 Å². The summed E-state index contributed by atoms with van der Waals surface area (Å²) in [7, 11) is 0. The second-order valence-electron chi connectivity index (χ2n) is 11.6. The van der Waals surface area contributed by atoms with Crippen molar-refractivity contribution in [3.05, 3.63) is 42.5 Å². The SMILES string of the molecule is Cc1nc(-c2cn3c(n2)-c2ccc(-c4ccnn4[C@@H]4CCCN(C(C)(C)CO)C4)cc2OCC3)n(C(C)C)n1. The highest BCUT2D eigenvalue weighted by Crippen LogP contribution is 2.38. The minimum Gasteiger partial charge on any atom is -0.491 e. The summed E-state index contributed by atoms with van der Waals surface area (Å²) < 4.78 is 12.5. The van der Waals surface area contributed by atoms with Crippen molar-refractivity contribution in [3.8, 4) is 39.9 Å². The molecule has 10 heteroatoms. The standard InChI is InChI=1S/C29H38N8O2/c1-19(2)36-28(31-20(3)33-36)24-17-34-13-14-39-26-15-21(8-9-23(26)27(34)32-24)25-10-11-30-37(25)22-7-6-12-35(16-22)29(4,5)18-38/h8-11,15,17,19,22,38H,6-7,12-14,16,18H2,1-5H3/t22-/m1/s1.